The quantitative estimate of drug-likeness (QED) is 0.615. The van der Waals surface area contributed by atoms with E-state index < -0.39 is 0 Å². The lowest BCUT2D eigenvalue weighted by atomic mass is 10.1. The van der Waals surface area contributed by atoms with Gasteiger partial charge >= 0.3 is 0 Å². The van der Waals surface area contributed by atoms with Gasteiger partial charge < -0.3 is 9.30 Å². The number of hydrogen-bond acceptors (Lipinski definition) is 5. The summed E-state index contributed by atoms with van der Waals surface area (Å²) in [6, 6.07) is -0.0742. The zero-order chi connectivity index (χ0) is 14.0. The molecule has 1 atom stereocenters. The van der Waals surface area contributed by atoms with Gasteiger partial charge in [-0.3, -0.25) is 10.5 Å². The molecule has 0 aliphatic rings. The van der Waals surface area contributed by atoms with Gasteiger partial charge in [0.25, 0.3) is 0 Å². The van der Waals surface area contributed by atoms with Crippen molar-refractivity contribution < 1.29 is 4.74 Å². The molecule has 0 aliphatic heterocycles. The molecule has 0 fully saturated rings. The van der Waals surface area contributed by atoms with E-state index in [2.05, 4.69) is 29.4 Å². The minimum atomic E-state index is -0.278. The van der Waals surface area contributed by atoms with E-state index in [0.717, 1.165) is 11.5 Å². The molecule has 1 unspecified atom stereocenters. The number of aryl methyl sites for hydroxylation is 1. The van der Waals surface area contributed by atoms with Crippen LogP contribution in [0, 0.1) is 0 Å². The average molecular weight is 264 g/mol. The number of rotatable bonds is 5. The molecular weight excluding hydrogens is 244 g/mol. The number of nitrogens with one attached hydrogen (secondary N) is 1. The van der Waals surface area contributed by atoms with Crippen LogP contribution in [-0.2, 0) is 7.05 Å². The fraction of sp³-hybridized carbons (Fsp3) is 0.500. The highest BCUT2D eigenvalue weighted by atomic mass is 16.5. The molecule has 0 saturated heterocycles. The molecule has 7 nitrogen and oxygen atoms in total. The number of methoxy groups -OCH3 is 1. The summed E-state index contributed by atoms with van der Waals surface area (Å²) in [5.41, 5.74) is 3.66. The largest absolute Gasteiger partial charge is 0.493 e. The second-order valence-corrected chi connectivity index (χ2v) is 4.63. The predicted molar refractivity (Wildman–Crippen MR) is 71.5 cm³/mol. The van der Waals surface area contributed by atoms with E-state index in [-0.39, 0.29) is 12.1 Å². The average Bonchev–Trinajstić information content (AvgIpc) is 2.98. The Bertz CT molecular complexity index is 544. The van der Waals surface area contributed by atoms with Crippen LogP contribution in [0.5, 0.6) is 5.75 Å². The third-order valence-electron chi connectivity index (χ3n) is 3.06. The molecule has 0 radical (unpaired) electrons. The van der Waals surface area contributed by atoms with E-state index in [1.165, 1.54) is 0 Å². The summed E-state index contributed by atoms with van der Waals surface area (Å²) in [6.45, 7) is 4.11. The number of hydrazine groups is 1. The zero-order valence-electron chi connectivity index (χ0n) is 11.7. The van der Waals surface area contributed by atoms with Crippen LogP contribution in [0.3, 0.4) is 0 Å². The molecule has 0 aliphatic carbocycles. The Labute approximate surface area is 112 Å². The highest BCUT2D eigenvalue weighted by Crippen LogP contribution is 2.30. The van der Waals surface area contributed by atoms with Crippen molar-refractivity contribution in [2.45, 2.75) is 25.9 Å². The highest BCUT2D eigenvalue weighted by Gasteiger charge is 2.26. The van der Waals surface area contributed by atoms with Crippen LogP contribution in [0.4, 0.5) is 0 Å². The molecule has 3 N–H and O–H groups in total. The standard InChI is InChI=1S/C12H20N6O/c1-8(2)18-11(9(19-4)7-15-18)10(16-13)12-14-5-6-17(12)3/h5-8,10,16H,13H2,1-4H3. The molecule has 19 heavy (non-hydrogen) atoms. The predicted octanol–water partition coefficient (Wildman–Crippen LogP) is 0.759. The second kappa shape index (κ2) is 5.41. The maximum absolute atomic E-state index is 5.72. The van der Waals surface area contributed by atoms with E-state index in [1.54, 1.807) is 19.5 Å². The molecule has 0 aromatic carbocycles. The Balaban J connectivity index is 2.54. The van der Waals surface area contributed by atoms with Crippen molar-refractivity contribution in [3.63, 3.8) is 0 Å². The smallest absolute Gasteiger partial charge is 0.162 e. The maximum Gasteiger partial charge on any atom is 0.162 e. The van der Waals surface area contributed by atoms with Gasteiger partial charge in [-0.2, -0.15) is 5.10 Å². The van der Waals surface area contributed by atoms with Crippen LogP contribution in [0.1, 0.15) is 37.4 Å². The summed E-state index contributed by atoms with van der Waals surface area (Å²) in [5, 5.41) is 4.35. The first kappa shape index (κ1) is 13.6. The molecular formula is C12H20N6O. The van der Waals surface area contributed by atoms with E-state index in [0.29, 0.717) is 5.75 Å². The van der Waals surface area contributed by atoms with Crippen molar-refractivity contribution in [3.05, 3.63) is 30.1 Å². The number of nitrogens with zero attached hydrogens (tertiary/aromatic N) is 4. The lowest BCUT2D eigenvalue weighted by Gasteiger charge is -2.20. The van der Waals surface area contributed by atoms with Crippen LogP contribution >= 0.6 is 0 Å². The first-order valence-corrected chi connectivity index (χ1v) is 6.14. The third kappa shape index (κ3) is 2.34. The van der Waals surface area contributed by atoms with Gasteiger partial charge in [-0.05, 0) is 13.8 Å². The van der Waals surface area contributed by atoms with Crippen LogP contribution in [0.2, 0.25) is 0 Å². The Morgan fingerprint density at radius 1 is 1.42 bits per heavy atom. The number of hydrogen-bond donors (Lipinski definition) is 2. The highest BCUT2D eigenvalue weighted by molar-refractivity contribution is 5.32. The van der Waals surface area contributed by atoms with Crippen molar-refractivity contribution >= 4 is 0 Å². The molecule has 2 heterocycles. The minimum Gasteiger partial charge on any atom is -0.493 e. The lowest BCUT2D eigenvalue weighted by Crippen LogP contribution is -2.33. The fourth-order valence-corrected chi connectivity index (χ4v) is 2.13. The third-order valence-corrected chi connectivity index (χ3v) is 3.06. The lowest BCUT2D eigenvalue weighted by molar-refractivity contribution is 0.390. The Kier molecular flexibility index (Phi) is 3.87. The summed E-state index contributed by atoms with van der Waals surface area (Å²) in [7, 11) is 3.55. The summed E-state index contributed by atoms with van der Waals surface area (Å²) >= 11 is 0. The van der Waals surface area contributed by atoms with E-state index in [1.807, 2.05) is 22.5 Å². The summed E-state index contributed by atoms with van der Waals surface area (Å²) in [5.74, 6) is 7.22. The molecule has 0 amide bonds. The van der Waals surface area contributed by atoms with Crippen LogP contribution < -0.4 is 16.0 Å². The minimum absolute atomic E-state index is 0.204. The summed E-state index contributed by atoms with van der Waals surface area (Å²) < 4.78 is 9.19. The Morgan fingerprint density at radius 2 is 2.16 bits per heavy atom. The topological polar surface area (TPSA) is 82.9 Å². The number of ether oxygens (including phenoxy) is 1. The normalized spacial score (nSPS) is 12.9. The van der Waals surface area contributed by atoms with Crippen molar-refractivity contribution in [1.29, 1.82) is 0 Å². The Morgan fingerprint density at radius 3 is 2.63 bits per heavy atom. The van der Waals surface area contributed by atoms with Crippen molar-refractivity contribution in [3.8, 4) is 5.75 Å². The van der Waals surface area contributed by atoms with Crippen LogP contribution in [0.25, 0.3) is 0 Å². The summed E-state index contributed by atoms with van der Waals surface area (Å²) in [4.78, 5) is 4.34. The van der Waals surface area contributed by atoms with Gasteiger partial charge in [0.2, 0.25) is 0 Å². The first-order valence-electron chi connectivity index (χ1n) is 6.14. The summed E-state index contributed by atoms with van der Waals surface area (Å²) in [6.07, 6.45) is 5.31. The molecule has 0 spiro atoms. The van der Waals surface area contributed by atoms with Gasteiger partial charge in [-0.1, -0.05) is 0 Å². The van der Waals surface area contributed by atoms with Crippen LogP contribution in [0.15, 0.2) is 18.6 Å². The maximum atomic E-state index is 5.72. The molecule has 0 bridgehead atoms. The molecule has 2 rings (SSSR count). The van der Waals surface area contributed by atoms with Crippen LogP contribution in [-0.4, -0.2) is 26.4 Å². The van der Waals surface area contributed by atoms with Gasteiger partial charge in [0, 0.05) is 25.5 Å². The van der Waals surface area contributed by atoms with Crippen molar-refractivity contribution in [2.24, 2.45) is 12.9 Å². The second-order valence-electron chi connectivity index (χ2n) is 4.63. The first-order chi connectivity index (χ1) is 9.10. The molecule has 2 aromatic heterocycles. The van der Waals surface area contributed by atoms with E-state index in [4.69, 9.17) is 10.6 Å². The van der Waals surface area contributed by atoms with Gasteiger partial charge in [-0.15, -0.1) is 0 Å². The van der Waals surface area contributed by atoms with Crippen molar-refractivity contribution in [1.82, 2.24) is 24.8 Å². The SMILES string of the molecule is COc1cnn(C(C)C)c1C(NN)c1nccn1C. The number of aromatic nitrogens is 4. The monoisotopic (exact) mass is 264 g/mol. The van der Waals surface area contributed by atoms with Crippen molar-refractivity contribution in [2.75, 3.05) is 7.11 Å². The fourth-order valence-electron chi connectivity index (χ4n) is 2.13. The molecule has 2 aromatic rings. The van der Waals surface area contributed by atoms with E-state index in [9.17, 15) is 0 Å². The van der Waals surface area contributed by atoms with Gasteiger partial charge in [0.15, 0.2) is 5.75 Å². The van der Waals surface area contributed by atoms with Gasteiger partial charge in [-0.25, -0.2) is 10.4 Å². The Hall–Kier alpha value is -1.86. The zero-order valence-corrected chi connectivity index (χ0v) is 11.7. The van der Waals surface area contributed by atoms with Gasteiger partial charge in [0.05, 0.1) is 13.3 Å². The van der Waals surface area contributed by atoms with E-state index >= 15 is 0 Å². The number of nitrogens with two attached hydrogens (primary N) is 1. The molecule has 0 saturated carbocycles. The number of imidazole rings is 1. The molecule has 7 heteroatoms. The van der Waals surface area contributed by atoms with Gasteiger partial charge in [0.1, 0.15) is 17.6 Å². The molecule has 104 valence electrons.